The first kappa shape index (κ1) is 15.3. The molecule has 1 amide bonds. The standard InChI is InChI=1S/C17H30N2O2/c18-16(13-7-9-21-10-8-13)17(20)19-15-6-5-12-3-1-2-4-14(12)11-15/h12-16H,1-11,18H2,(H,19,20). The van der Waals surface area contributed by atoms with Crippen LogP contribution in [0.4, 0.5) is 0 Å². The summed E-state index contributed by atoms with van der Waals surface area (Å²) in [4.78, 5) is 12.4. The van der Waals surface area contributed by atoms with Crippen LogP contribution in [0, 0.1) is 17.8 Å². The number of rotatable bonds is 3. The quantitative estimate of drug-likeness (QED) is 0.839. The fraction of sp³-hybridized carbons (Fsp3) is 0.941. The molecule has 0 spiro atoms. The number of hydrogen-bond donors (Lipinski definition) is 2. The monoisotopic (exact) mass is 294 g/mol. The van der Waals surface area contributed by atoms with Crippen molar-refractivity contribution in [3.63, 3.8) is 0 Å². The molecule has 1 saturated heterocycles. The van der Waals surface area contributed by atoms with E-state index in [4.69, 9.17) is 10.5 Å². The lowest BCUT2D eigenvalue weighted by Gasteiger charge is -2.40. The Bertz CT molecular complexity index is 355. The molecule has 2 saturated carbocycles. The molecule has 0 radical (unpaired) electrons. The topological polar surface area (TPSA) is 64.4 Å². The lowest BCUT2D eigenvalue weighted by molar-refractivity contribution is -0.125. The largest absolute Gasteiger partial charge is 0.381 e. The summed E-state index contributed by atoms with van der Waals surface area (Å²) < 4.78 is 5.35. The minimum atomic E-state index is -0.349. The van der Waals surface area contributed by atoms with Crippen LogP contribution in [0.1, 0.15) is 57.8 Å². The molecule has 0 aromatic heterocycles. The third-order valence-corrected chi connectivity index (χ3v) is 5.96. The second-order valence-electron chi connectivity index (χ2n) is 7.30. The summed E-state index contributed by atoms with van der Waals surface area (Å²) in [6.45, 7) is 1.50. The fourth-order valence-corrected chi connectivity index (χ4v) is 4.59. The van der Waals surface area contributed by atoms with E-state index in [1.54, 1.807) is 0 Å². The third-order valence-electron chi connectivity index (χ3n) is 5.96. The van der Waals surface area contributed by atoms with E-state index in [9.17, 15) is 4.79 Å². The molecule has 3 aliphatic rings. The number of nitrogens with two attached hydrogens (primary N) is 1. The molecule has 120 valence electrons. The predicted octanol–water partition coefficient (Wildman–Crippen LogP) is 2.22. The van der Waals surface area contributed by atoms with E-state index in [-0.39, 0.29) is 11.9 Å². The lowest BCUT2D eigenvalue weighted by Crippen LogP contribution is -2.51. The zero-order valence-corrected chi connectivity index (χ0v) is 13.1. The van der Waals surface area contributed by atoms with E-state index in [0.29, 0.717) is 12.0 Å². The maximum atomic E-state index is 12.4. The Morgan fingerprint density at radius 3 is 2.48 bits per heavy atom. The van der Waals surface area contributed by atoms with Crippen molar-refractivity contribution >= 4 is 5.91 Å². The van der Waals surface area contributed by atoms with Gasteiger partial charge in [-0.1, -0.05) is 25.7 Å². The first-order chi connectivity index (χ1) is 10.2. The average molecular weight is 294 g/mol. The molecule has 0 bridgehead atoms. The minimum Gasteiger partial charge on any atom is -0.381 e. The highest BCUT2D eigenvalue weighted by Gasteiger charge is 2.34. The Labute approximate surface area is 128 Å². The Balaban J connectivity index is 1.48. The van der Waals surface area contributed by atoms with Gasteiger partial charge >= 0.3 is 0 Å². The van der Waals surface area contributed by atoms with Crippen LogP contribution in [0.5, 0.6) is 0 Å². The molecule has 4 unspecified atom stereocenters. The molecule has 1 heterocycles. The van der Waals surface area contributed by atoms with Crippen molar-refractivity contribution in [1.82, 2.24) is 5.32 Å². The smallest absolute Gasteiger partial charge is 0.237 e. The van der Waals surface area contributed by atoms with E-state index in [0.717, 1.165) is 44.3 Å². The molecule has 2 aliphatic carbocycles. The van der Waals surface area contributed by atoms with Gasteiger partial charge in [0.1, 0.15) is 0 Å². The van der Waals surface area contributed by atoms with Crippen molar-refractivity contribution in [3.05, 3.63) is 0 Å². The van der Waals surface area contributed by atoms with Gasteiger partial charge in [-0.05, 0) is 49.9 Å². The van der Waals surface area contributed by atoms with Crippen molar-refractivity contribution in [2.45, 2.75) is 69.9 Å². The number of hydrogen-bond acceptors (Lipinski definition) is 3. The number of fused-ring (bicyclic) bond motifs is 1. The van der Waals surface area contributed by atoms with Crippen molar-refractivity contribution < 1.29 is 9.53 Å². The van der Waals surface area contributed by atoms with Crippen LogP contribution < -0.4 is 11.1 Å². The number of ether oxygens (including phenoxy) is 1. The van der Waals surface area contributed by atoms with E-state index < -0.39 is 0 Å². The molecule has 0 aromatic carbocycles. The normalized spacial score (nSPS) is 35.8. The van der Waals surface area contributed by atoms with Crippen molar-refractivity contribution in [2.24, 2.45) is 23.5 Å². The number of nitrogens with one attached hydrogen (secondary N) is 1. The van der Waals surface area contributed by atoms with Crippen molar-refractivity contribution in [3.8, 4) is 0 Å². The molecule has 21 heavy (non-hydrogen) atoms. The highest BCUT2D eigenvalue weighted by molar-refractivity contribution is 5.82. The first-order valence-corrected chi connectivity index (χ1v) is 8.87. The van der Waals surface area contributed by atoms with Crippen LogP contribution in [-0.4, -0.2) is 31.2 Å². The average Bonchev–Trinajstić information content (AvgIpc) is 2.55. The zero-order chi connectivity index (χ0) is 14.7. The van der Waals surface area contributed by atoms with Gasteiger partial charge in [0.25, 0.3) is 0 Å². The van der Waals surface area contributed by atoms with E-state index >= 15 is 0 Å². The molecular formula is C17H30N2O2. The molecule has 3 N–H and O–H groups in total. The molecule has 0 aromatic rings. The highest BCUT2D eigenvalue weighted by Crippen LogP contribution is 2.40. The zero-order valence-electron chi connectivity index (χ0n) is 13.1. The van der Waals surface area contributed by atoms with Crippen LogP contribution in [-0.2, 0) is 9.53 Å². The van der Waals surface area contributed by atoms with Gasteiger partial charge in [-0.15, -0.1) is 0 Å². The van der Waals surface area contributed by atoms with Crippen LogP contribution in [0.25, 0.3) is 0 Å². The van der Waals surface area contributed by atoms with E-state index in [2.05, 4.69) is 5.32 Å². The second-order valence-corrected chi connectivity index (χ2v) is 7.30. The molecule has 4 nitrogen and oxygen atoms in total. The molecule has 3 fully saturated rings. The van der Waals surface area contributed by atoms with Crippen molar-refractivity contribution in [2.75, 3.05) is 13.2 Å². The molecule has 4 atom stereocenters. The summed E-state index contributed by atoms with van der Waals surface area (Å²) in [7, 11) is 0. The molecule has 3 rings (SSSR count). The summed E-state index contributed by atoms with van der Waals surface area (Å²) in [5.74, 6) is 2.14. The van der Waals surface area contributed by atoms with E-state index in [1.165, 1.54) is 38.5 Å². The number of carbonyl (C=O) groups is 1. The molecule has 4 heteroatoms. The summed E-state index contributed by atoms with van der Waals surface area (Å²) in [6, 6.07) is 0.0146. The summed E-state index contributed by atoms with van der Waals surface area (Å²) in [6.07, 6.45) is 11.0. The molecular weight excluding hydrogens is 264 g/mol. The Morgan fingerprint density at radius 1 is 1.00 bits per heavy atom. The van der Waals surface area contributed by atoms with Gasteiger partial charge in [-0.25, -0.2) is 0 Å². The van der Waals surface area contributed by atoms with E-state index in [1.807, 2.05) is 0 Å². The van der Waals surface area contributed by atoms with Gasteiger partial charge in [0, 0.05) is 19.3 Å². The van der Waals surface area contributed by atoms with Gasteiger partial charge in [0.2, 0.25) is 5.91 Å². The molecule has 1 aliphatic heterocycles. The van der Waals surface area contributed by atoms with Gasteiger partial charge in [0.05, 0.1) is 6.04 Å². The predicted molar refractivity (Wildman–Crippen MR) is 82.7 cm³/mol. The fourth-order valence-electron chi connectivity index (χ4n) is 4.59. The summed E-state index contributed by atoms with van der Waals surface area (Å²) >= 11 is 0. The lowest BCUT2D eigenvalue weighted by atomic mass is 9.69. The Morgan fingerprint density at radius 2 is 1.71 bits per heavy atom. The summed E-state index contributed by atoms with van der Waals surface area (Å²) in [5.41, 5.74) is 6.17. The third kappa shape index (κ3) is 3.78. The number of carbonyl (C=O) groups excluding carboxylic acids is 1. The second kappa shape index (κ2) is 7.10. The van der Waals surface area contributed by atoms with Gasteiger partial charge in [0.15, 0.2) is 0 Å². The van der Waals surface area contributed by atoms with Crippen LogP contribution >= 0.6 is 0 Å². The van der Waals surface area contributed by atoms with Crippen LogP contribution in [0.2, 0.25) is 0 Å². The summed E-state index contributed by atoms with van der Waals surface area (Å²) in [5, 5.41) is 3.24. The highest BCUT2D eigenvalue weighted by atomic mass is 16.5. The Hall–Kier alpha value is -0.610. The maximum absolute atomic E-state index is 12.4. The SMILES string of the molecule is NC(C(=O)NC1CCC2CCCCC2C1)C1CCOCC1. The maximum Gasteiger partial charge on any atom is 0.237 e. The van der Waals surface area contributed by atoms with Crippen LogP contribution in [0.15, 0.2) is 0 Å². The number of amides is 1. The van der Waals surface area contributed by atoms with Gasteiger partial charge < -0.3 is 15.8 Å². The van der Waals surface area contributed by atoms with Gasteiger partial charge in [-0.3, -0.25) is 4.79 Å². The Kier molecular flexibility index (Phi) is 5.17. The van der Waals surface area contributed by atoms with Gasteiger partial charge in [-0.2, -0.15) is 0 Å². The van der Waals surface area contributed by atoms with Crippen LogP contribution in [0.3, 0.4) is 0 Å². The first-order valence-electron chi connectivity index (χ1n) is 8.87. The van der Waals surface area contributed by atoms with Crippen molar-refractivity contribution in [1.29, 1.82) is 0 Å². The minimum absolute atomic E-state index is 0.0705.